The van der Waals surface area contributed by atoms with Crippen molar-refractivity contribution in [1.82, 2.24) is 15.1 Å². The number of anilines is 1. The third kappa shape index (κ3) is 4.40. The Morgan fingerprint density at radius 3 is 2.84 bits per heavy atom. The SMILES string of the molecule is Nc1ccc(Cl)cc1COCc1nnc(C2CCN(C(=O)O)CC2)o1. The van der Waals surface area contributed by atoms with E-state index in [2.05, 4.69) is 10.2 Å². The molecular weight excluding hydrogens is 348 g/mol. The maximum Gasteiger partial charge on any atom is 0.407 e. The summed E-state index contributed by atoms with van der Waals surface area (Å²) in [6.45, 7) is 1.42. The summed E-state index contributed by atoms with van der Waals surface area (Å²) in [6, 6.07) is 5.21. The van der Waals surface area contributed by atoms with Crippen LogP contribution in [0.5, 0.6) is 0 Å². The number of aromatic nitrogens is 2. The van der Waals surface area contributed by atoms with E-state index >= 15 is 0 Å². The van der Waals surface area contributed by atoms with Gasteiger partial charge in [0.05, 0.1) is 6.61 Å². The molecule has 1 saturated heterocycles. The second-order valence-electron chi connectivity index (χ2n) is 5.91. The van der Waals surface area contributed by atoms with E-state index in [0.717, 1.165) is 5.56 Å². The highest BCUT2D eigenvalue weighted by atomic mass is 35.5. The molecule has 0 unspecified atom stereocenters. The maximum atomic E-state index is 10.9. The van der Waals surface area contributed by atoms with Crippen molar-refractivity contribution in [3.63, 3.8) is 0 Å². The molecule has 8 nitrogen and oxygen atoms in total. The van der Waals surface area contributed by atoms with E-state index < -0.39 is 6.09 Å². The largest absolute Gasteiger partial charge is 0.465 e. The van der Waals surface area contributed by atoms with Crippen molar-refractivity contribution < 1.29 is 19.1 Å². The van der Waals surface area contributed by atoms with Gasteiger partial charge in [-0.2, -0.15) is 0 Å². The minimum Gasteiger partial charge on any atom is -0.465 e. The first kappa shape index (κ1) is 17.5. The summed E-state index contributed by atoms with van der Waals surface area (Å²) in [5.74, 6) is 1.00. The molecule has 2 aromatic rings. The smallest absolute Gasteiger partial charge is 0.407 e. The Bertz CT molecular complexity index is 743. The monoisotopic (exact) mass is 366 g/mol. The number of nitrogens with zero attached hydrogens (tertiary/aromatic N) is 3. The molecule has 0 radical (unpaired) electrons. The van der Waals surface area contributed by atoms with Gasteiger partial charge in [-0.25, -0.2) is 4.79 Å². The Balaban J connectivity index is 1.50. The van der Waals surface area contributed by atoms with E-state index in [9.17, 15) is 4.79 Å². The molecule has 2 heterocycles. The summed E-state index contributed by atoms with van der Waals surface area (Å²) in [5, 5.41) is 17.6. The zero-order chi connectivity index (χ0) is 17.8. The summed E-state index contributed by atoms with van der Waals surface area (Å²) >= 11 is 5.94. The zero-order valence-electron chi connectivity index (χ0n) is 13.5. The molecule has 1 aromatic heterocycles. The Labute approximate surface area is 149 Å². The minimum atomic E-state index is -0.890. The molecule has 3 N–H and O–H groups in total. The number of nitrogens with two attached hydrogens (primary N) is 1. The first-order chi connectivity index (χ1) is 12.0. The number of likely N-dealkylation sites (tertiary alicyclic amines) is 1. The number of carboxylic acid groups (broad SMARTS) is 1. The number of rotatable bonds is 5. The van der Waals surface area contributed by atoms with Gasteiger partial charge in [0.2, 0.25) is 11.8 Å². The third-order valence-corrected chi connectivity index (χ3v) is 4.42. The number of benzene rings is 1. The fourth-order valence-electron chi connectivity index (χ4n) is 2.76. The van der Waals surface area contributed by atoms with Crippen LogP contribution in [0.25, 0.3) is 0 Å². The van der Waals surface area contributed by atoms with Crippen LogP contribution in [0.1, 0.15) is 36.1 Å². The van der Waals surface area contributed by atoms with Crippen LogP contribution in [0.3, 0.4) is 0 Å². The van der Waals surface area contributed by atoms with Crippen molar-refractivity contribution >= 4 is 23.4 Å². The van der Waals surface area contributed by atoms with Crippen molar-refractivity contribution in [2.75, 3.05) is 18.8 Å². The number of carbonyl (C=O) groups is 1. The van der Waals surface area contributed by atoms with Gasteiger partial charge in [0.25, 0.3) is 0 Å². The second kappa shape index (κ2) is 7.71. The average Bonchev–Trinajstić information content (AvgIpc) is 3.07. The number of piperidine rings is 1. The quantitative estimate of drug-likeness (QED) is 0.781. The number of amides is 1. The molecule has 134 valence electrons. The van der Waals surface area contributed by atoms with E-state index in [-0.39, 0.29) is 12.5 Å². The van der Waals surface area contributed by atoms with Crippen molar-refractivity contribution in [2.45, 2.75) is 32.0 Å². The molecule has 1 aliphatic rings. The lowest BCUT2D eigenvalue weighted by atomic mass is 9.97. The van der Waals surface area contributed by atoms with Gasteiger partial charge in [-0.05, 0) is 31.0 Å². The summed E-state index contributed by atoms with van der Waals surface area (Å²) in [5.41, 5.74) is 7.28. The van der Waals surface area contributed by atoms with Gasteiger partial charge in [-0.1, -0.05) is 11.6 Å². The van der Waals surface area contributed by atoms with Crippen LogP contribution >= 0.6 is 11.6 Å². The van der Waals surface area contributed by atoms with Crippen LogP contribution in [0, 0.1) is 0 Å². The number of hydrogen-bond acceptors (Lipinski definition) is 6. The molecule has 1 aromatic carbocycles. The van der Waals surface area contributed by atoms with E-state index in [1.54, 1.807) is 18.2 Å². The number of halogens is 1. The summed E-state index contributed by atoms with van der Waals surface area (Å²) < 4.78 is 11.2. The first-order valence-electron chi connectivity index (χ1n) is 7.94. The molecule has 0 spiro atoms. The number of ether oxygens (including phenoxy) is 1. The molecule has 1 fully saturated rings. The minimum absolute atomic E-state index is 0.0837. The Morgan fingerprint density at radius 2 is 2.12 bits per heavy atom. The van der Waals surface area contributed by atoms with E-state index in [1.807, 2.05) is 0 Å². The molecule has 1 amide bonds. The number of hydrogen-bond donors (Lipinski definition) is 2. The van der Waals surface area contributed by atoms with Gasteiger partial charge in [-0.3, -0.25) is 0 Å². The van der Waals surface area contributed by atoms with Crippen LogP contribution < -0.4 is 5.73 Å². The van der Waals surface area contributed by atoms with Gasteiger partial charge in [0.1, 0.15) is 6.61 Å². The molecule has 9 heteroatoms. The van der Waals surface area contributed by atoms with Gasteiger partial charge in [-0.15, -0.1) is 10.2 Å². The van der Waals surface area contributed by atoms with Gasteiger partial charge in [0, 0.05) is 35.3 Å². The lowest BCUT2D eigenvalue weighted by Crippen LogP contribution is -2.36. The van der Waals surface area contributed by atoms with Crippen molar-refractivity contribution in [3.8, 4) is 0 Å². The highest BCUT2D eigenvalue weighted by Crippen LogP contribution is 2.27. The molecule has 3 rings (SSSR count). The van der Waals surface area contributed by atoms with E-state index in [1.165, 1.54) is 4.90 Å². The van der Waals surface area contributed by atoms with Gasteiger partial charge >= 0.3 is 6.09 Å². The van der Waals surface area contributed by atoms with Crippen LogP contribution in [0.4, 0.5) is 10.5 Å². The third-order valence-electron chi connectivity index (χ3n) is 4.19. The van der Waals surface area contributed by atoms with Crippen molar-refractivity contribution in [2.24, 2.45) is 0 Å². The van der Waals surface area contributed by atoms with E-state index in [4.69, 9.17) is 31.6 Å². The highest BCUT2D eigenvalue weighted by Gasteiger charge is 2.27. The molecule has 25 heavy (non-hydrogen) atoms. The highest BCUT2D eigenvalue weighted by molar-refractivity contribution is 6.30. The molecular formula is C16H19ClN4O4. The topological polar surface area (TPSA) is 115 Å². The number of nitrogen functional groups attached to an aromatic ring is 1. The summed E-state index contributed by atoms with van der Waals surface area (Å²) in [6.07, 6.45) is 0.458. The van der Waals surface area contributed by atoms with Crippen LogP contribution in [-0.4, -0.2) is 39.4 Å². The van der Waals surface area contributed by atoms with Crippen LogP contribution in [0.15, 0.2) is 22.6 Å². The lowest BCUT2D eigenvalue weighted by molar-refractivity contribution is 0.0878. The zero-order valence-corrected chi connectivity index (χ0v) is 14.3. The van der Waals surface area contributed by atoms with Crippen molar-refractivity contribution in [1.29, 1.82) is 0 Å². The summed E-state index contributed by atoms with van der Waals surface area (Å²) in [4.78, 5) is 12.3. The molecule has 0 aliphatic carbocycles. The molecule has 1 aliphatic heterocycles. The normalized spacial score (nSPS) is 15.5. The fourth-order valence-corrected chi connectivity index (χ4v) is 2.95. The maximum absolute atomic E-state index is 10.9. The van der Waals surface area contributed by atoms with Gasteiger partial charge < -0.3 is 24.9 Å². The van der Waals surface area contributed by atoms with Gasteiger partial charge in [0.15, 0.2) is 0 Å². The van der Waals surface area contributed by atoms with E-state index in [0.29, 0.717) is 55.0 Å². The predicted molar refractivity (Wildman–Crippen MR) is 90.2 cm³/mol. The predicted octanol–water partition coefficient (Wildman–Crippen LogP) is 2.88. The fraction of sp³-hybridized carbons (Fsp3) is 0.438. The van der Waals surface area contributed by atoms with Crippen LogP contribution in [-0.2, 0) is 18.0 Å². The standard InChI is InChI=1S/C16H19ClN4O4/c17-12-1-2-13(18)11(7-12)8-24-9-14-19-20-15(25-14)10-3-5-21(6-4-10)16(22)23/h1-2,7,10H,3-6,8-9,18H2,(H,22,23). The Morgan fingerprint density at radius 1 is 1.36 bits per heavy atom. The Kier molecular flexibility index (Phi) is 5.40. The molecule has 0 saturated carbocycles. The Hall–Kier alpha value is -2.32. The second-order valence-corrected chi connectivity index (χ2v) is 6.35. The molecule has 0 atom stereocenters. The van der Waals surface area contributed by atoms with Crippen molar-refractivity contribution in [3.05, 3.63) is 40.6 Å². The first-order valence-corrected chi connectivity index (χ1v) is 8.32. The summed E-state index contributed by atoms with van der Waals surface area (Å²) in [7, 11) is 0. The average molecular weight is 367 g/mol. The van der Waals surface area contributed by atoms with Crippen LogP contribution in [0.2, 0.25) is 5.02 Å². The lowest BCUT2D eigenvalue weighted by Gasteiger charge is -2.27. The molecule has 0 bridgehead atoms.